The van der Waals surface area contributed by atoms with Crippen molar-refractivity contribution in [3.05, 3.63) is 0 Å². The molecule has 0 heterocycles. The molecular weight excluding hydrogens is 190 g/mol. The Hall–Kier alpha value is -0.260. The maximum atomic E-state index is 11.0. The Labute approximate surface area is 83.1 Å². The number of methoxy groups -OCH3 is 1. The van der Waals surface area contributed by atoms with Gasteiger partial charge in [-0.15, -0.1) is 0 Å². The second-order valence-electron chi connectivity index (χ2n) is 2.36. The van der Waals surface area contributed by atoms with Crippen LogP contribution in [0, 0.1) is 0 Å². The van der Waals surface area contributed by atoms with E-state index in [1.165, 1.54) is 0 Å². The van der Waals surface area contributed by atoms with Crippen LogP contribution in [0.4, 0.5) is 0 Å². The van der Waals surface area contributed by atoms with E-state index in [0.29, 0.717) is 26.2 Å². The van der Waals surface area contributed by atoms with Crippen molar-refractivity contribution in [1.82, 2.24) is 0 Å². The molecule has 0 aromatic rings. The van der Waals surface area contributed by atoms with Crippen LogP contribution in [0.15, 0.2) is 0 Å². The fraction of sp³-hybridized carbons (Fsp3) is 0.875. The highest BCUT2D eigenvalue weighted by molar-refractivity contribution is 7.99. The van der Waals surface area contributed by atoms with E-state index >= 15 is 0 Å². The summed E-state index contributed by atoms with van der Waals surface area (Å²) < 4.78 is 9.59. The summed E-state index contributed by atoms with van der Waals surface area (Å²) in [6, 6.07) is 0. The highest BCUT2D eigenvalue weighted by Gasteiger charge is 2.01. The van der Waals surface area contributed by atoms with Gasteiger partial charge in [0.1, 0.15) is 6.61 Å². The van der Waals surface area contributed by atoms with Crippen LogP contribution in [-0.2, 0) is 14.3 Å². The highest BCUT2D eigenvalue weighted by atomic mass is 32.2. The molecular formula is C8H17NO3S. The summed E-state index contributed by atoms with van der Waals surface area (Å²) in [4.78, 5) is 11.0. The van der Waals surface area contributed by atoms with Crippen LogP contribution in [0.2, 0.25) is 0 Å². The van der Waals surface area contributed by atoms with Crippen molar-refractivity contribution < 1.29 is 14.3 Å². The number of carbonyl (C=O) groups is 1. The molecule has 78 valence electrons. The number of nitrogens with two attached hydrogens (primary N) is 1. The van der Waals surface area contributed by atoms with E-state index in [2.05, 4.69) is 0 Å². The van der Waals surface area contributed by atoms with Crippen molar-refractivity contribution in [2.24, 2.45) is 5.73 Å². The lowest BCUT2D eigenvalue weighted by molar-refractivity contribution is -0.144. The van der Waals surface area contributed by atoms with Crippen molar-refractivity contribution >= 4 is 17.7 Å². The quantitative estimate of drug-likeness (QED) is 0.457. The molecule has 0 aliphatic heterocycles. The fourth-order valence-corrected chi connectivity index (χ4v) is 1.33. The lowest BCUT2D eigenvalue weighted by Crippen LogP contribution is -2.10. The van der Waals surface area contributed by atoms with Crippen LogP contribution in [0.25, 0.3) is 0 Å². The molecule has 0 aliphatic carbocycles. The molecule has 0 bridgehead atoms. The predicted molar refractivity (Wildman–Crippen MR) is 53.8 cm³/mol. The van der Waals surface area contributed by atoms with Crippen molar-refractivity contribution in [3.8, 4) is 0 Å². The van der Waals surface area contributed by atoms with E-state index in [-0.39, 0.29) is 5.97 Å². The number of hydrogen-bond donors (Lipinski definition) is 1. The minimum absolute atomic E-state index is 0.165. The van der Waals surface area contributed by atoms with E-state index in [4.69, 9.17) is 15.2 Å². The fourth-order valence-electron chi connectivity index (χ4n) is 0.652. The molecule has 0 unspecified atom stereocenters. The first-order chi connectivity index (χ1) is 6.31. The lowest BCUT2D eigenvalue weighted by atomic mass is 10.5. The third-order valence-corrected chi connectivity index (χ3v) is 2.28. The van der Waals surface area contributed by atoms with Crippen LogP contribution < -0.4 is 5.73 Å². The van der Waals surface area contributed by atoms with E-state index in [0.717, 1.165) is 11.5 Å². The third kappa shape index (κ3) is 9.66. The monoisotopic (exact) mass is 207 g/mol. The number of ether oxygens (including phenoxy) is 2. The Morgan fingerprint density at radius 1 is 1.38 bits per heavy atom. The molecule has 0 aliphatic rings. The molecule has 5 heteroatoms. The Kier molecular flexibility index (Phi) is 9.63. The first kappa shape index (κ1) is 12.7. The van der Waals surface area contributed by atoms with Gasteiger partial charge < -0.3 is 15.2 Å². The lowest BCUT2D eigenvalue weighted by Gasteiger charge is -2.03. The highest BCUT2D eigenvalue weighted by Crippen LogP contribution is 2.01. The van der Waals surface area contributed by atoms with Gasteiger partial charge in [-0.2, -0.15) is 11.8 Å². The second-order valence-corrected chi connectivity index (χ2v) is 3.59. The molecule has 0 fully saturated rings. The average molecular weight is 207 g/mol. The Bertz CT molecular complexity index is 133. The SMILES string of the molecule is COCCOC(=O)CCSCCN. The van der Waals surface area contributed by atoms with E-state index in [1.54, 1.807) is 18.9 Å². The summed E-state index contributed by atoms with van der Waals surface area (Å²) in [7, 11) is 1.57. The number of rotatable bonds is 8. The Balaban J connectivity index is 3.11. The smallest absolute Gasteiger partial charge is 0.306 e. The van der Waals surface area contributed by atoms with Crippen molar-refractivity contribution in [2.75, 3.05) is 38.4 Å². The largest absolute Gasteiger partial charge is 0.463 e. The maximum Gasteiger partial charge on any atom is 0.306 e. The molecule has 0 aromatic carbocycles. The normalized spacial score (nSPS) is 10.0. The molecule has 2 N–H and O–H groups in total. The number of thioether (sulfide) groups is 1. The van der Waals surface area contributed by atoms with Gasteiger partial charge in [-0.05, 0) is 0 Å². The molecule has 0 amide bonds. The summed E-state index contributed by atoms with van der Waals surface area (Å²) in [5.74, 6) is 1.51. The van der Waals surface area contributed by atoms with Gasteiger partial charge >= 0.3 is 5.97 Å². The first-order valence-electron chi connectivity index (χ1n) is 4.23. The number of esters is 1. The molecule has 0 radical (unpaired) electrons. The average Bonchev–Trinajstić information content (AvgIpc) is 2.13. The van der Waals surface area contributed by atoms with Gasteiger partial charge in [0.15, 0.2) is 0 Å². The van der Waals surface area contributed by atoms with Gasteiger partial charge in [0.05, 0.1) is 13.0 Å². The van der Waals surface area contributed by atoms with E-state index in [9.17, 15) is 4.79 Å². The van der Waals surface area contributed by atoms with Gasteiger partial charge in [0.25, 0.3) is 0 Å². The topological polar surface area (TPSA) is 61.5 Å². The molecule has 0 rings (SSSR count). The third-order valence-electron chi connectivity index (χ3n) is 1.26. The zero-order chi connectivity index (χ0) is 9.94. The van der Waals surface area contributed by atoms with Gasteiger partial charge in [0, 0.05) is 25.2 Å². The molecule has 0 saturated heterocycles. The van der Waals surface area contributed by atoms with Crippen LogP contribution in [0.5, 0.6) is 0 Å². The first-order valence-corrected chi connectivity index (χ1v) is 5.39. The van der Waals surface area contributed by atoms with Crippen LogP contribution in [-0.4, -0.2) is 44.3 Å². The summed E-state index contributed by atoms with van der Waals surface area (Å²) in [6.07, 6.45) is 0.453. The standard InChI is InChI=1S/C8H17NO3S/c1-11-4-5-12-8(10)2-6-13-7-3-9/h2-7,9H2,1H3. The predicted octanol–water partition coefficient (Wildman–Crippen LogP) is 0.258. The van der Waals surface area contributed by atoms with Gasteiger partial charge in [-0.25, -0.2) is 0 Å². The molecule has 0 spiro atoms. The summed E-state index contributed by atoms with van der Waals surface area (Å²) in [5, 5.41) is 0. The molecule has 0 saturated carbocycles. The zero-order valence-corrected chi connectivity index (χ0v) is 8.77. The van der Waals surface area contributed by atoms with Crippen molar-refractivity contribution in [3.63, 3.8) is 0 Å². The van der Waals surface area contributed by atoms with Gasteiger partial charge in [-0.1, -0.05) is 0 Å². The maximum absolute atomic E-state index is 11.0. The number of carbonyl (C=O) groups excluding carboxylic acids is 1. The van der Waals surface area contributed by atoms with Crippen LogP contribution in [0.3, 0.4) is 0 Å². The minimum Gasteiger partial charge on any atom is -0.463 e. The van der Waals surface area contributed by atoms with Crippen LogP contribution in [0.1, 0.15) is 6.42 Å². The molecule has 0 aromatic heterocycles. The van der Waals surface area contributed by atoms with Gasteiger partial charge in [-0.3, -0.25) is 4.79 Å². The van der Waals surface area contributed by atoms with E-state index in [1.807, 2.05) is 0 Å². The van der Waals surface area contributed by atoms with E-state index < -0.39 is 0 Å². The summed E-state index contributed by atoms with van der Waals surface area (Å²) in [6.45, 7) is 1.46. The van der Waals surface area contributed by atoms with Crippen LogP contribution >= 0.6 is 11.8 Å². The molecule has 13 heavy (non-hydrogen) atoms. The molecule has 0 atom stereocenters. The van der Waals surface area contributed by atoms with Gasteiger partial charge in [0.2, 0.25) is 0 Å². The van der Waals surface area contributed by atoms with Crippen molar-refractivity contribution in [1.29, 1.82) is 0 Å². The number of hydrogen-bond acceptors (Lipinski definition) is 5. The Morgan fingerprint density at radius 3 is 2.77 bits per heavy atom. The Morgan fingerprint density at radius 2 is 2.15 bits per heavy atom. The zero-order valence-electron chi connectivity index (χ0n) is 7.95. The summed E-state index contributed by atoms with van der Waals surface area (Å²) >= 11 is 1.66. The second kappa shape index (κ2) is 9.83. The molecule has 4 nitrogen and oxygen atoms in total. The summed E-state index contributed by atoms with van der Waals surface area (Å²) in [5.41, 5.74) is 5.29. The minimum atomic E-state index is -0.165. The van der Waals surface area contributed by atoms with Crippen molar-refractivity contribution in [2.45, 2.75) is 6.42 Å².